The Labute approximate surface area is 207 Å². The molecule has 1 amide bonds. The van der Waals surface area contributed by atoms with Gasteiger partial charge in [-0.1, -0.05) is 31.9 Å². The third-order valence-corrected chi connectivity index (χ3v) is 6.26. The summed E-state index contributed by atoms with van der Waals surface area (Å²) in [6.07, 6.45) is 13.6. The molecule has 2 aromatic rings. The topological polar surface area (TPSA) is 104 Å². The van der Waals surface area contributed by atoms with Crippen LogP contribution in [0, 0.1) is 12.8 Å². The van der Waals surface area contributed by atoms with E-state index in [1.165, 1.54) is 19.3 Å². The summed E-state index contributed by atoms with van der Waals surface area (Å²) in [5, 5.41) is 15.1. The van der Waals surface area contributed by atoms with Crippen molar-refractivity contribution in [3.63, 3.8) is 0 Å². The van der Waals surface area contributed by atoms with E-state index in [1.807, 2.05) is 25.3 Å². The number of allylic oxidation sites excluding steroid dienone is 2. The minimum atomic E-state index is -0.937. The van der Waals surface area contributed by atoms with Gasteiger partial charge in [-0.2, -0.15) is 0 Å². The molecule has 1 saturated carbocycles. The Balaban J connectivity index is 1.73. The van der Waals surface area contributed by atoms with Crippen LogP contribution in [0.1, 0.15) is 72.0 Å². The molecule has 35 heavy (non-hydrogen) atoms. The van der Waals surface area contributed by atoms with Crippen LogP contribution in [-0.2, 0) is 11.2 Å². The number of benzene rings is 1. The number of hydrogen-bond acceptors (Lipinski definition) is 5. The molecule has 3 rings (SSSR count). The molecule has 1 aliphatic carbocycles. The molecule has 0 spiro atoms. The molecule has 1 fully saturated rings. The second-order valence-corrected chi connectivity index (χ2v) is 8.83. The quantitative estimate of drug-likeness (QED) is 0.263. The highest BCUT2D eigenvalue weighted by atomic mass is 16.4. The molecular formula is C28H35N3O4. The number of carboxylic acid groups (broad SMARTS) is 1. The van der Waals surface area contributed by atoms with Crippen LogP contribution in [0.5, 0.6) is 0 Å². The number of nitrogens with zero attached hydrogens (tertiary/aromatic N) is 1. The third kappa shape index (κ3) is 7.98. The smallest absolute Gasteiger partial charge is 0.305 e. The van der Waals surface area contributed by atoms with E-state index in [2.05, 4.69) is 28.3 Å². The third-order valence-electron chi connectivity index (χ3n) is 6.26. The number of aliphatic imine (C=N–C) groups is 1. The SMILES string of the molecule is C=C/C=C\N=C/Cc1cc(C(Nc2ccc(C(=O)NCCC(=O)O)cc2)C2CCCCC2)c(C)o1. The number of carboxylic acids is 1. The van der Waals surface area contributed by atoms with Crippen LogP contribution in [0.15, 0.2) is 64.7 Å². The number of carbonyl (C=O) groups is 2. The Bertz CT molecular complexity index is 1050. The lowest BCUT2D eigenvalue weighted by molar-refractivity contribution is -0.136. The molecule has 0 bridgehead atoms. The lowest BCUT2D eigenvalue weighted by atomic mass is 9.81. The van der Waals surface area contributed by atoms with Crippen molar-refractivity contribution in [2.24, 2.45) is 10.9 Å². The number of rotatable bonds is 12. The molecular weight excluding hydrogens is 442 g/mol. The molecule has 3 N–H and O–H groups in total. The number of furan rings is 1. The van der Waals surface area contributed by atoms with E-state index >= 15 is 0 Å². The first kappa shape index (κ1) is 26.0. The van der Waals surface area contributed by atoms with Gasteiger partial charge >= 0.3 is 5.97 Å². The molecule has 1 heterocycles. The summed E-state index contributed by atoms with van der Waals surface area (Å²) in [4.78, 5) is 27.1. The Morgan fingerprint density at radius 3 is 2.66 bits per heavy atom. The van der Waals surface area contributed by atoms with E-state index in [0.717, 1.165) is 35.6 Å². The van der Waals surface area contributed by atoms with Crippen LogP contribution < -0.4 is 10.6 Å². The summed E-state index contributed by atoms with van der Waals surface area (Å²) >= 11 is 0. The highest BCUT2D eigenvalue weighted by Crippen LogP contribution is 2.39. The zero-order valence-corrected chi connectivity index (χ0v) is 20.3. The van der Waals surface area contributed by atoms with Crippen LogP contribution in [0.4, 0.5) is 5.69 Å². The van der Waals surface area contributed by atoms with Gasteiger partial charge in [-0.15, -0.1) is 0 Å². The maximum Gasteiger partial charge on any atom is 0.305 e. The molecule has 1 atom stereocenters. The normalized spacial score (nSPS) is 15.3. The largest absolute Gasteiger partial charge is 0.481 e. The number of carbonyl (C=O) groups excluding carboxylic acids is 1. The second-order valence-electron chi connectivity index (χ2n) is 8.83. The van der Waals surface area contributed by atoms with Gasteiger partial charge in [0.15, 0.2) is 0 Å². The van der Waals surface area contributed by atoms with Crippen molar-refractivity contribution in [1.29, 1.82) is 0 Å². The highest BCUT2D eigenvalue weighted by molar-refractivity contribution is 5.94. The van der Waals surface area contributed by atoms with Crippen molar-refractivity contribution in [1.82, 2.24) is 5.32 Å². The molecule has 1 unspecified atom stereocenters. The number of aryl methyl sites for hydroxylation is 1. The van der Waals surface area contributed by atoms with Crippen LogP contribution >= 0.6 is 0 Å². The first-order valence-electron chi connectivity index (χ1n) is 12.2. The van der Waals surface area contributed by atoms with E-state index in [4.69, 9.17) is 9.52 Å². The lowest BCUT2D eigenvalue weighted by Gasteiger charge is -2.31. The maximum absolute atomic E-state index is 12.3. The number of hydrogen-bond donors (Lipinski definition) is 3. The van der Waals surface area contributed by atoms with Gasteiger partial charge in [-0.25, -0.2) is 0 Å². The predicted octanol–water partition coefficient (Wildman–Crippen LogP) is 5.84. The summed E-state index contributed by atoms with van der Waals surface area (Å²) in [5.74, 6) is 1.07. The Morgan fingerprint density at radius 1 is 1.23 bits per heavy atom. The number of nitrogens with one attached hydrogen (secondary N) is 2. The highest BCUT2D eigenvalue weighted by Gasteiger charge is 2.28. The Morgan fingerprint density at radius 2 is 1.97 bits per heavy atom. The average Bonchev–Trinajstić information content (AvgIpc) is 3.23. The summed E-state index contributed by atoms with van der Waals surface area (Å²) in [5.41, 5.74) is 2.60. The minimum absolute atomic E-state index is 0.0993. The van der Waals surface area contributed by atoms with Gasteiger partial charge in [0.1, 0.15) is 11.5 Å². The standard InChI is InChI=1S/C28H35N3O4/c1-3-4-16-29-17-14-24-19-25(20(2)35-24)27(21-8-6-5-7-9-21)31-23-12-10-22(11-13-23)28(34)30-18-15-26(32)33/h3-4,10-13,16-17,19,21,27,31H,1,5-9,14-15,18H2,2H3,(H,30,34)(H,32,33)/b16-4-,29-17-. The minimum Gasteiger partial charge on any atom is -0.481 e. The summed E-state index contributed by atoms with van der Waals surface area (Å²) in [6.45, 7) is 5.75. The van der Waals surface area contributed by atoms with E-state index in [1.54, 1.807) is 30.5 Å². The fourth-order valence-electron chi connectivity index (χ4n) is 4.48. The van der Waals surface area contributed by atoms with E-state index in [9.17, 15) is 9.59 Å². The number of amides is 1. The van der Waals surface area contributed by atoms with Gasteiger partial charge in [-0.3, -0.25) is 14.6 Å². The van der Waals surface area contributed by atoms with E-state index in [-0.39, 0.29) is 24.9 Å². The molecule has 186 valence electrons. The monoisotopic (exact) mass is 477 g/mol. The fourth-order valence-corrected chi connectivity index (χ4v) is 4.48. The van der Waals surface area contributed by atoms with Gasteiger partial charge in [0.25, 0.3) is 5.91 Å². The summed E-state index contributed by atoms with van der Waals surface area (Å²) in [6, 6.07) is 9.57. The number of aliphatic carboxylic acids is 1. The van der Waals surface area contributed by atoms with Gasteiger partial charge in [0.2, 0.25) is 0 Å². The van der Waals surface area contributed by atoms with Crippen molar-refractivity contribution < 1.29 is 19.1 Å². The first-order valence-corrected chi connectivity index (χ1v) is 12.2. The Kier molecular flexibility index (Phi) is 9.90. The maximum atomic E-state index is 12.3. The Hall–Kier alpha value is -3.61. The van der Waals surface area contributed by atoms with E-state index < -0.39 is 5.97 Å². The van der Waals surface area contributed by atoms with Crippen molar-refractivity contribution in [3.8, 4) is 0 Å². The molecule has 0 saturated heterocycles. The first-order chi connectivity index (χ1) is 17.0. The van der Waals surface area contributed by atoms with Crippen LogP contribution in [0.2, 0.25) is 0 Å². The van der Waals surface area contributed by atoms with Gasteiger partial charge in [0.05, 0.1) is 12.5 Å². The van der Waals surface area contributed by atoms with Crippen LogP contribution in [-0.4, -0.2) is 29.7 Å². The van der Waals surface area contributed by atoms with Gasteiger partial charge in [-0.05, 0) is 62.1 Å². The molecule has 1 aromatic heterocycles. The van der Waals surface area contributed by atoms with Crippen molar-refractivity contribution in [2.45, 2.75) is 57.9 Å². The van der Waals surface area contributed by atoms with Gasteiger partial charge in [0, 0.05) is 42.2 Å². The molecule has 0 radical (unpaired) electrons. The average molecular weight is 478 g/mol. The van der Waals surface area contributed by atoms with Crippen molar-refractivity contribution in [3.05, 3.63) is 77.9 Å². The predicted molar refractivity (Wildman–Crippen MR) is 139 cm³/mol. The summed E-state index contributed by atoms with van der Waals surface area (Å²) in [7, 11) is 0. The molecule has 1 aromatic carbocycles. The second kappa shape index (κ2) is 13.3. The molecule has 0 aliphatic heterocycles. The zero-order valence-electron chi connectivity index (χ0n) is 20.3. The zero-order chi connectivity index (χ0) is 25.0. The fraction of sp³-hybridized carbons (Fsp3) is 0.393. The molecule has 7 nitrogen and oxygen atoms in total. The van der Waals surface area contributed by atoms with Crippen LogP contribution in [0.25, 0.3) is 0 Å². The van der Waals surface area contributed by atoms with E-state index in [0.29, 0.717) is 17.9 Å². The summed E-state index contributed by atoms with van der Waals surface area (Å²) < 4.78 is 6.07. The number of anilines is 1. The van der Waals surface area contributed by atoms with Gasteiger partial charge < -0.3 is 20.2 Å². The lowest BCUT2D eigenvalue weighted by Crippen LogP contribution is -2.26. The van der Waals surface area contributed by atoms with Crippen molar-refractivity contribution in [2.75, 3.05) is 11.9 Å². The van der Waals surface area contributed by atoms with Crippen LogP contribution in [0.3, 0.4) is 0 Å². The molecule has 1 aliphatic rings. The van der Waals surface area contributed by atoms with Crippen molar-refractivity contribution >= 4 is 23.8 Å². The molecule has 7 heteroatoms.